The summed E-state index contributed by atoms with van der Waals surface area (Å²) >= 11 is 0. The van der Waals surface area contributed by atoms with Crippen molar-refractivity contribution in [3.63, 3.8) is 0 Å². The van der Waals surface area contributed by atoms with Crippen LogP contribution in [0, 0.1) is 0 Å². The lowest BCUT2D eigenvalue weighted by Gasteiger charge is -2.20. The average molecular weight is 327 g/mol. The Morgan fingerprint density at radius 3 is 2.25 bits per heavy atom. The Hall–Kier alpha value is -2.69. The zero-order valence-corrected chi connectivity index (χ0v) is 14.4. The molecule has 5 heteroatoms. The van der Waals surface area contributed by atoms with Gasteiger partial charge in [-0.15, -0.1) is 0 Å². The summed E-state index contributed by atoms with van der Waals surface area (Å²) < 4.78 is 5.38. The molecule has 0 unspecified atom stereocenters. The molecule has 0 saturated heterocycles. The molecule has 5 nitrogen and oxygen atoms in total. The monoisotopic (exact) mass is 327 g/mol. The van der Waals surface area contributed by atoms with Crippen LogP contribution in [-0.2, 0) is 9.59 Å². The third kappa shape index (κ3) is 3.62. The number of nitrogens with zero attached hydrogens (tertiary/aromatic N) is 1. The quantitative estimate of drug-likeness (QED) is 0.353. The van der Waals surface area contributed by atoms with Crippen molar-refractivity contribution in [3.8, 4) is 0 Å². The summed E-state index contributed by atoms with van der Waals surface area (Å²) in [6.45, 7) is 8.42. The van der Waals surface area contributed by atoms with E-state index in [2.05, 4.69) is 18.7 Å². The Bertz CT molecular complexity index is 857. The van der Waals surface area contributed by atoms with Crippen molar-refractivity contribution in [1.82, 2.24) is 0 Å². The van der Waals surface area contributed by atoms with Gasteiger partial charge in [0.1, 0.15) is 5.58 Å². The van der Waals surface area contributed by atoms with Gasteiger partial charge in [-0.3, -0.25) is 9.59 Å². The van der Waals surface area contributed by atoms with E-state index >= 15 is 0 Å². The Morgan fingerprint density at radius 2 is 1.71 bits per heavy atom. The third-order valence-corrected chi connectivity index (χ3v) is 3.93. The average Bonchev–Trinajstić information content (AvgIpc) is 2.53. The maximum Gasteiger partial charge on any atom is 0.343 e. The first-order valence-electron chi connectivity index (χ1n) is 7.93. The second kappa shape index (κ2) is 7.25. The van der Waals surface area contributed by atoms with Crippen molar-refractivity contribution in [2.45, 2.75) is 27.7 Å². The SMILES string of the molecule is CCN(CC)c1ccc2cc(C=C(C(C)=O)C(C)=O)c(=O)oc2c1. The summed E-state index contributed by atoms with van der Waals surface area (Å²) in [7, 11) is 0. The normalized spacial score (nSPS) is 10.5. The van der Waals surface area contributed by atoms with Gasteiger partial charge in [-0.2, -0.15) is 0 Å². The molecule has 0 saturated carbocycles. The van der Waals surface area contributed by atoms with Gasteiger partial charge in [0, 0.05) is 30.2 Å². The van der Waals surface area contributed by atoms with Gasteiger partial charge in [0.2, 0.25) is 0 Å². The van der Waals surface area contributed by atoms with E-state index in [0.717, 1.165) is 24.2 Å². The molecule has 2 rings (SSSR count). The van der Waals surface area contributed by atoms with Crippen molar-refractivity contribution < 1.29 is 14.0 Å². The zero-order chi connectivity index (χ0) is 17.9. The molecular weight excluding hydrogens is 306 g/mol. The van der Waals surface area contributed by atoms with Crippen LogP contribution in [0.15, 0.2) is 39.1 Å². The van der Waals surface area contributed by atoms with Gasteiger partial charge >= 0.3 is 5.63 Å². The highest BCUT2D eigenvalue weighted by atomic mass is 16.4. The van der Waals surface area contributed by atoms with E-state index in [1.54, 1.807) is 6.07 Å². The van der Waals surface area contributed by atoms with E-state index in [9.17, 15) is 14.4 Å². The number of carbonyl (C=O) groups excluding carboxylic acids is 2. The van der Waals surface area contributed by atoms with E-state index in [-0.39, 0.29) is 22.7 Å². The Balaban J connectivity index is 2.57. The molecule has 0 bridgehead atoms. The predicted molar refractivity (Wildman–Crippen MR) is 95.4 cm³/mol. The smallest absolute Gasteiger partial charge is 0.343 e. The first-order chi connectivity index (χ1) is 11.4. The van der Waals surface area contributed by atoms with E-state index in [0.29, 0.717) is 5.58 Å². The summed E-state index contributed by atoms with van der Waals surface area (Å²) in [5.41, 5.74) is 1.07. The number of rotatable bonds is 6. The van der Waals surface area contributed by atoms with E-state index in [1.165, 1.54) is 19.9 Å². The van der Waals surface area contributed by atoms with E-state index in [1.807, 2.05) is 18.2 Å². The fourth-order valence-electron chi connectivity index (χ4n) is 2.61. The van der Waals surface area contributed by atoms with Gasteiger partial charge in [0.05, 0.1) is 11.1 Å². The highest BCUT2D eigenvalue weighted by molar-refractivity contribution is 6.21. The summed E-state index contributed by atoms with van der Waals surface area (Å²) in [6.07, 6.45) is 1.30. The molecule has 0 amide bonds. The topological polar surface area (TPSA) is 67.6 Å². The molecular formula is C19H21NO4. The van der Waals surface area contributed by atoms with Crippen molar-refractivity contribution in [2.75, 3.05) is 18.0 Å². The van der Waals surface area contributed by atoms with Crippen LogP contribution >= 0.6 is 0 Å². The molecule has 0 aliphatic heterocycles. The predicted octanol–water partition coefficient (Wildman–Crippen LogP) is 3.20. The number of fused-ring (bicyclic) bond motifs is 1. The molecule has 1 heterocycles. The van der Waals surface area contributed by atoms with Crippen LogP contribution in [0.2, 0.25) is 0 Å². The van der Waals surface area contributed by atoms with Crippen LogP contribution in [0.5, 0.6) is 0 Å². The summed E-state index contributed by atoms with van der Waals surface area (Å²) in [4.78, 5) is 37.4. The van der Waals surface area contributed by atoms with Crippen LogP contribution in [0.1, 0.15) is 33.3 Å². The fraction of sp³-hybridized carbons (Fsp3) is 0.316. The zero-order valence-electron chi connectivity index (χ0n) is 14.4. The first-order valence-corrected chi connectivity index (χ1v) is 7.93. The van der Waals surface area contributed by atoms with Gasteiger partial charge in [-0.25, -0.2) is 4.79 Å². The van der Waals surface area contributed by atoms with Crippen LogP contribution < -0.4 is 10.5 Å². The summed E-state index contributed by atoms with van der Waals surface area (Å²) in [5, 5.41) is 0.739. The molecule has 0 N–H and O–H groups in total. The van der Waals surface area contributed by atoms with Gasteiger partial charge in [-0.05, 0) is 52.0 Å². The largest absolute Gasteiger partial charge is 0.422 e. The molecule has 0 aliphatic carbocycles. The number of Topliss-reactive ketones (excluding diaryl/α,β-unsaturated/α-hetero) is 2. The lowest BCUT2D eigenvalue weighted by molar-refractivity contribution is -0.119. The molecule has 0 fully saturated rings. The number of hydrogen-bond acceptors (Lipinski definition) is 5. The van der Waals surface area contributed by atoms with Crippen molar-refractivity contribution in [3.05, 3.63) is 45.8 Å². The maximum atomic E-state index is 12.2. The lowest BCUT2D eigenvalue weighted by atomic mass is 10.0. The van der Waals surface area contributed by atoms with Crippen LogP contribution in [-0.4, -0.2) is 24.7 Å². The van der Waals surface area contributed by atoms with Gasteiger partial charge < -0.3 is 9.32 Å². The number of benzene rings is 1. The van der Waals surface area contributed by atoms with Crippen LogP contribution in [0.25, 0.3) is 17.0 Å². The van der Waals surface area contributed by atoms with E-state index in [4.69, 9.17) is 4.42 Å². The number of ketones is 2. The van der Waals surface area contributed by atoms with Crippen molar-refractivity contribution in [2.24, 2.45) is 0 Å². The second-order valence-corrected chi connectivity index (χ2v) is 5.55. The van der Waals surface area contributed by atoms with Gasteiger partial charge in [0.25, 0.3) is 0 Å². The molecule has 0 atom stereocenters. The minimum absolute atomic E-state index is 0.0126. The number of allylic oxidation sites excluding steroid dienone is 1. The molecule has 1 aromatic carbocycles. The second-order valence-electron chi connectivity index (χ2n) is 5.55. The Kier molecular flexibility index (Phi) is 5.34. The molecule has 24 heavy (non-hydrogen) atoms. The standard InChI is InChI=1S/C19H21NO4/c1-5-20(6-2)16-8-7-14-9-15(19(23)24-18(14)11-16)10-17(12(3)21)13(4)22/h7-11H,5-6H2,1-4H3. The van der Waals surface area contributed by atoms with Crippen molar-refractivity contribution in [1.29, 1.82) is 0 Å². The molecule has 0 radical (unpaired) electrons. The minimum atomic E-state index is -0.570. The number of carbonyl (C=O) groups is 2. The van der Waals surface area contributed by atoms with Crippen molar-refractivity contribution >= 4 is 34.3 Å². The maximum absolute atomic E-state index is 12.2. The first kappa shape index (κ1) is 17.7. The number of anilines is 1. The highest BCUT2D eigenvalue weighted by Gasteiger charge is 2.12. The molecule has 2 aromatic rings. The highest BCUT2D eigenvalue weighted by Crippen LogP contribution is 2.22. The van der Waals surface area contributed by atoms with Crippen LogP contribution in [0.4, 0.5) is 5.69 Å². The lowest BCUT2D eigenvalue weighted by Crippen LogP contribution is -2.21. The summed E-state index contributed by atoms with van der Waals surface area (Å²) in [6, 6.07) is 7.29. The molecule has 1 aromatic heterocycles. The van der Waals surface area contributed by atoms with Crippen LogP contribution in [0.3, 0.4) is 0 Å². The molecule has 0 spiro atoms. The Labute approximate surface area is 140 Å². The molecule has 126 valence electrons. The van der Waals surface area contributed by atoms with Gasteiger partial charge in [0.15, 0.2) is 11.6 Å². The fourth-order valence-corrected chi connectivity index (χ4v) is 2.61. The third-order valence-electron chi connectivity index (χ3n) is 3.93. The van der Waals surface area contributed by atoms with E-state index < -0.39 is 5.63 Å². The minimum Gasteiger partial charge on any atom is -0.422 e. The number of hydrogen-bond donors (Lipinski definition) is 0. The molecule has 0 aliphatic rings. The summed E-state index contributed by atoms with van der Waals surface area (Å²) in [5.74, 6) is -0.752. The Morgan fingerprint density at radius 1 is 1.08 bits per heavy atom. The van der Waals surface area contributed by atoms with Gasteiger partial charge in [-0.1, -0.05) is 0 Å².